The summed E-state index contributed by atoms with van der Waals surface area (Å²) in [6.45, 7) is 3.16. The molecular formula is C17H22N4O2. The number of rotatable bonds is 7. The smallest absolute Gasteiger partial charge is 0.230 e. The molecule has 0 spiro atoms. The highest BCUT2D eigenvalue weighted by molar-refractivity contribution is 5.04. The number of ether oxygens (including phenoxy) is 1. The first kappa shape index (κ1) is 14.8. The van der Waals surface area contributed by atoms with Crippen molar-refractivity contribution < 1.29 is 9.15 Å². The first-order valence-corrected chi connectivity index (χ1v) is 8.43. The maximum atomic E-state index is 5.82. The molecule has 6 nitrogen and oxygen atoms in total. The van der Waals surface area contributed by atoms with Gasteiger partial charge in [-0.2, -0.15) is 0 Å². The zero-order valence-corrected chi connectivity index (χ0v) is 13.2. The predicted octanol–water partition coefficient (Wildman–Crippen LogP) is 2.52. The third-order valence-corrected chi connectivity index (χ3v) is 4.37. The lowest BCUT2D eigenvalue weighted by atomic mass is 10.2. The van der Waals surface area contributed by atoms with Crippen molar-refractivity contribution in [2.75, 3.05) is 13.2 Å². The Hall–Kier alpha value is -1.79. The highest BCUT2D eigenvalue weighted by Gasteiger charge is 2.30. The molecule has 1 saturated carbocycles. The van der Waals surface area contributed by atoms with Crippen LogP contribution in [0.2, 0.25) is 0 Å². The van der Waals surface area contributed by atoms with Crippen molar-refractivity contribution in [3.63, 3.8) is 0 Å². The van der Waals surface area contributed by atoms with E-state index in [0.717, 1.165) is 44.1 Å². The molecule has 1 atom stereocenters. The minimum atomic E-state index is 0.296. The van der Waals surface area contributed by atoms with E-state index in [2.05, 4.69) is 20.1 Å². The fraction of sp³-hybridized carbons (Fsp3) is 0.588. The van der Waals surface area contributed by atoms with Crippen molar-refractivity contribution >= 4 is 0 Å². The molecule has 6 heteroatoms. The second-order valence-electron chi connectivity index (χ2n) is 6.43. The molecule has 2 fully saturated rings. The first-order valence-electron chi connectivity index (χ1n) is 8.43. The Morgan fingerprint density at radius 1 is 1.13 bits per heavy atom. The molecule has 2 aliphatic rings. The lowest BCUT2D eigenvalue weighted by molar-refractivity contribution is 0.0642. The number of nitrogens with zero attached hydrogens (tertiary/aromatic N) is 4. The third-order valence-electron chi connectivity index (χ3n) is 4.37. The van der Waals surface area contributed by atoms with Gasteiger partial charge in [0.05, 0.1) is 18.3 Å². The van der Waals surface area contributed by atoms with Gasteiger partial charge >= 0.3 is 0 Å². The van der Waals surface area contributed by atoms with Gasteiger partial charge in [0.25, 0.3) is 0 Å². The van der Waals surface area contributed by atoms with Gasteiger partial charge in [-0.15, -0.1) is 10.2 Å². The quantitative estimate of drug-likeness (QED) is 0.782. The Labute approximate surface area is 135 Å². The summed E-state index contributed by atoms with van der Waals surface area (Å²) < 4.78 is 11.6. The topological polar surface area (TPSA) is 64.3 Å². The highest BCUT2D eigenvalue weighted by atomic mass is 16.5. The van der Waals surface area contributed by atoms with Gasteiger partial charge in [0.1, 0.15) is 0 Å². The zero-order chi connectivity index (χ0) is 15.5. The van der Waals surface area contributed by atoms with E-state index < -0.39 is 0 Å². The maximum absolute atomic E-state index is 5.82. The lowest BCUT2D eigenvalue weighted by Gasteiger charge is -2.23. The van der Waals surface area contributed by atoms with Crippen molar-refractivity contribution in [2.45, 2.75) is 50.8 Å². The molecule has 1 aliphatic heterocycles. The Kier molecular flexibility index (Phi) is 4.35. The summed E-state index contributed by atoms with van der Waals surface area (Å²) in [6.07, 6.45) is 6.75. The van der Waals surface area contributed by atoms with Gasteiger partial charge in [-0.05, 0) is 37.8 Å². The van der Waals surface area contributed by atoms with Gasteiger partial charge in [-0.25, -0.2) is 0 Å². The van der Waals surface area contributed by atoms with E-state index in [-0.39, 0.29) is 0 Å². The molecule has 1 aliphatic carbocycles. The maximum Gasteiger partial charge on any atom is 0.230 e. The minimum Gasteiger partial charge on any atom is -0.424 e. The predicted molar refractivity (Wildman–Crippen MR) is 83.6 cm³/mol. The Morgan fingerprint density at radius 2 is 2.09 bits per heavy atom. The van der Waals surface area contributed by atoms with Crippen LogP contribution in [0.3, 0.4) is 0 Å². The summed E-state index contributed by atoms with van der Waals surface area (Å²) in [5.74, 6) is 1.99. The molecular weight excluding hydrogens is 292 g/mol. The van der Waals surface area contributed by atoms with Crippen LogP contribution in [0, 0.1) is 0 Å². The fourth-order valence-electron chi connectivity index (χ4n) is 3.00. The van der Waals surface area contributed by atoms with Crippen molar-refractivity contribution in [1.82, 2.24) is 20.1 Å². The number of hydrogen-bond donors (Lipinski definition) is 0. The summed E-state index contributed by atoms with van der Waals surface area (Å²) >= 11 is 0. The van der Waals surface area contributed by atoms with E-state index in [4.69, 9.17) is 9.15 Å². The van der Waals surface area contributed by atoms with Crippen LogP contribution in [0.4, 0.5) is 0 Å². The summed E-state index contributed by atoms with van der Waals surface area (Å²) in [5, 5.41) is 8.39. The number of hydrogen-bond acceptors (Lipinski definition) is 6. The van der Waals surface area contributed by atoms with Gasteiger partial charge in [-0.1, -0.05) is 6.07 Å². The molecule has 0 bridgehead atoms. The average molecular weight is 314 g/mol. The molecule has 0 aromatic carbocycles. The molecule has 0 radical (unpaired) electrons. The van der Waals surface area contributed by atoms with Crippen LogP contribution in [0.15, 0.2) is 28.8 Å². The van der Waals surface area contributed by atoms with Crippen LogP contribution in [0.25, 0.3) is 0 Å². The van der Waals surface area contributed by atoms with Crippen LogP contribution >= 0.6 is 0 Å². The monoisotopic (exact) mass is 314 g/mol. The van der Waals surface area contributed by atoms with Crippen LogP contribution in [-0.2, 0) is 17.8 Å². The molecule has 0 unspecified atom stereocenters. The molecule has 3 heterocycles. The van der Waals surface area contributed by atoms with E-state index in [9.17, 15) is 0 Å². The molecule has 4 rings (SSSR count). The van der Waals surface area contributed by atoms with Gasteiger partial charge in [0.2, 0.25) is 11.8 Å². The molecule has 0 N–H and O–H groups in total. The van der Waals surface area contributed by atoms with Gasteiger partial charge in [-0.3, -0.25) is 9.88 Å². The van der Waals surface area contributed by atoms with Crippen LogP contribution in [-0.4, -0.2) is 39.3 Å². The highest BCUT2D eigenvalue weighted by Crippen LogP contribution is 2.39. The molecule has 2 aromatic rings. The molecule has 2 aromatic heterocycles. The Balaban J connectivity index is 1.43. The van der Waals surface area contributed by atoms with Gasteiger partial charge in [0, 0.05) is 31.8 Å². The number of aromatic nitrogens is 3. The SMILES string of the molecule is c1ccc(CN(Cc2nnc(C3CC3)o2)C[C@@H]2CCCO2)nc1. The van der Waals surface area contributed by atoms with E-state index in [0.29, 0.717) is 24.5 Å². The average Bonchev–Trinajstić information content (AvgIpc) is 3.09. The second kappa shape index (κ2) is 6.76. The largest absolute Gasteiger partial charge is 0.424 e. The molecule has 122 valence electrons. The Bertz CT molecular complexity index is 621. The summed E-state index contributed by atoms with van der Waals surface area (Å²) in [6, 6.07) is 6.00. The minimum absolute atomic E-state index is 0.296. The summed E-state index contributed by atoms with van der Waals surface area (Å²) in [4.78, 5) is 6.72. The lowest BCUT2D eigenvalue weighted by Crippen LogP contribution is -2.31. The fourth-order valence-corrected chi connectivity index (χ4v) is 3.00. The van der Waals surface area contributed by atoms with Crippen LogP contribution in [0.5, 0.6) is 0 Å². The second-order valence-corrected chi connectivity index (χ2v) is 6.43. The summed E-state index contributed by atoms with van der Waals surface area (Å²) in [7, 11) is 0. The first-order chi connectivity index (χ1) is 11.4. The zero-order valence-electron chi connectivity index (χ0n) is 13.2. The van der Waals surface area contributed by atoms with Crippen LogP contribution in [0.1, 0.15) is 49.1 Å². The molecule has 0 amide bonds. The normalized spacial score (nSPS) is 21.2. The number of pyridine rings is 1. The Morgan fingerprint density at radius 3 is 2.83 bits per heavy atom. The molecule has 1 saturated heterocycles. The van der Waals surface area contributed by atoms with E-state index >= 15 is 0 Å². The van der Waals surface area contributed by atoms with E-state index in [1.54, 1.807) is 0 Å². The van der Waals surface area contributed by atoms with Gasteiger partial charge < -0.3 is 9.15 Å². The third kappa shape index (κ3) is 3.95. The standard InChI is InChI=1S/C17H22N4O2/c1-2-8-18-14(4-1)10-21(11-15-5-3-9-22-15)12-16-19-20-17(23-16)13-6-7-13/h1-2,4,8,13,15H,3,5-7,9-12H2/t15-/m0/s1. The molecule has 23 heavy (non-hydrogen) atoms. The summed E-state index contributed by atoms with van der Waals surface area (Å²) in [5.41, 5.74) is 1.05. The van der Waals surface area contributed by atoms with Crippen molar-refractivity contribution in [2.24, 2.45) is 0 Å². The van der Waals surface area contributed by atoms with Gasteiger partial charge in [0.15, 0.2) is 0 Å². The van der Waals surface area contributed by atoms with Crippen LogP contribution < -0.4 is 0 Å². The van der Waals surface area contributed by atoms with Crippen molar-refractivity contribution in [3.05, 3.63) is 41.9 Å². The van der Waals surface area contributed by atoms with Crippen molar-refractivity contribution in [3.8, 4) is 0 Å². The van der Waals surface area contributed by atoms with E-state index in [1.807, 2.05) is 24.4 Å². The van der Waals surface area contributed by atoms with Crippen molar-refractivity contribution in [1.29, 1.82) is 0 Å². The van der Waals surface area contributed by atoms with E-state index in [1.165, 1.54) is 12.8 Å².